The van der Waals surface area contributed by atoms with E-state index in [1.54, 1.807) is 18.9 Å². The molecule has 1 unspecified atom stereocenters. The average Bonchev–Trinajstić information content (AvgIpc) is 2.23. The molecule has 0 spiro atoms. The van der Waals surface area contributed by atoms with Gasteiger partial charge in [-0.1, -0.05) is 6.92 Å². The molecule has 0 saturated heterocycles. The molecule has 0 aliphatic carbocycles. The standard InChI is InChI=1S/C11H20N2O2/c1-4-6-15-7-5-11(14)13(3)9-10(2)8-12/h10H,4-7,9H2,1-3H3. The van der Waals surface area contributed by atoms with Crippen molar-refractivity contribution in [3.63, 3.8) is 0 Å². The smallest absolute Gasteiger partial charge is 0.224 e. The molecule has 4 heteroatoms. The molecule has 0 aliphatic rings. The minimum atomic E-state index is -0.115. The lowest BCUT2D eigenvalue weighted by atomic mass is 10.2. The summed E-state index contributed by atoms with van der Waals surface area (Å²) >= 11 is 0. The molecular weight excluding hydrogens is 192 g/mol. The SMILES string of the molecule is CCCOCCC(=O)N(C)CC(C)C#N. The van der Waals surface area contributed by atoms with Crippen molar-refractivity contribution in [1.82, 2.24) is 4.90 Å². The van der Waals surface area contributed by atoms with Crippen LogP contribution in [0.2, 0.25) is 0 Å². The molecule has 0 heterocycles. The van der Waals surface area contributed by atoms with Gasteiger partial charge in [0, 0.05) is 20.2 Å². The van der Waals surface area contributed by atoms with Crippen molar-refractivity contribution in [3.8, 4) is 6.07 Å². The highest BCUT2D eigenvalue weighted by Crippen LogP contribution is 1.99. The van der Waals surface area contributed by atoms with Crippen LogP contribution in [0.25, 0.3) is 0 Å². The van der Waals surface area contributed by atoms with Crippen LogP contribution in [-0.2, 0) is 9.53 Å². The topological polar surface area (TPSA) is 53.3 Å². The maximum absolute atomic E-state index is 11.5. The summed E-state index contributed by atoms with van der Waals surface area (Å²) in [7, 11) is 1.72. The van der Waals surface area contributed by atoms with Crippen LogP contribution in [0.15, 0.2) is 0 Å². The summed E-state index contributed by atoms with van der Waals surface area (Å²) in [5.74, 6) is -0.0799. The number of hydrogen-bond acceptors (Lipinski definition) is 3. The van der Waals surface area contributed by atoms with E-state index in [1.807, 2.05) is 6.92 Å². The van der Waals surface area contributed by atoms with E-state index in [0.717, 1.165) is 6.42 Å². The fraction of sp³-hybridized carbons (Fsp3) is 0.818. The van der Waals surface area contributed by atoms with E-state index in [9.17, 15) is 4.79 Å². The highest BCUT2D eigenvalue weighted by atomic mass is 16.5. The van der Waals surface area contributed by atoms with Crippen LogP contribution in [0.1, 0.15) is 26.7 Å². The number of rotatable bonds is 7. The minimum absolute atomic E-state index is 0.0354. The molecule has 1 amide bonds. The highest BCUT2D eigenvalue weighted by Gasteiger charge is 2.11. The normalized spacial score (nSPS) is 11.9. The van der Waals surface area contributed by atoms with Gasteiger partial charge in [0.05, 0.1) is 25.0 Å². The predicted octanol–water partition coefficient (Wildman–Crippen LogP) is 1.42. The lowest BCUT2D eigenvalue weighted by Crippen LogP contribution is -2.31. The Morgan fingerprint density at radius 2 is 2.20 bits per heavy atom. The van der Waals surface area contributed by atoms with Crippen LogP contribution >= 0.6 is 0 Å². The molecule has 4 nitrogen and oxygen atoms in total. The Labute approximate surface area is 91.8 Å². The van der Waals surface area contributed by atoms with Crippen LogP contribution in [0.5, 0.6) is 0 Å². The van der Waals surface area contributed by atoms with Crippen molar-refractivity contribution in [2.75, 3.05) is 26.8 Å². The second-order valence-corrected chi connectivity index (χ2v) is 3.67. The summed E-state index contributed by atoms with van der Waals surface area (Å²) in [4.78, 5) is 13.1. The first kappa shape index (κ1) is 13.9. The monoisotopic (exact) mass is 212 g/mol. The Hall–Kier alpha value is -1.08. The quantitative estimate of drug-likeness (QED) is 0.600. The number of ether oxygens (including phenoxy) is 1. The molecule has 0 saturated carbocycles. The fourth-order valence-corrected chi connectivity index (χ4v) is 1.15. The van der Waals surface area contributed by atoms with Gasteiger partial charge in [0.2, 0.25) is 5.91 Å². The molecule has 86 valence electrons. The van der Waals surface area contributed by atoms with Gasteiger partial charge in [0.1, 0.15) is 0 Å². The minimum Gasteiger partial charge on any atom is -0.381 e. The van der Waals surface area contributed by atoms with Crippen LogP contribution < -0.4 is 0 Å². The van der Waals surface area contributed by atoms with Gasteiger partial charge in [0.15, 0.2) is 0 Å². The lowest BCUT2D eigenvalue weighted by molar-refractivity contribution is -0.131. The Morgan fingerprint density at radius 1 is 1.53 bits per heavy atom. The average molecular weight is 212 g/mol. The van der Waals surface area contributed by atoms with Crippen molar-refractivity contribution in [2.45, 2.75) is 26.7 Å². The van der Waals surface area contributed by atoms with E-state index >= 15 is 0 Å². The van der Waals surface area contributed by atoms with E-state index in [-0.39, 0.29) is 11.8 Å². The fourth-order valence-electron chi connectivity index (χ4n) is 1.15. The second-order valence-electron chi connectivity index (χ2n) is 3.67. The van der Waals surface area contributed by atoms with Crippen molar-refractivity contribution >= 4 is 5.91 Å². The number of carbonyl (C=O) groups is 1. The lowest BCUT2D eigenvalue weighted by Gasteiger charge is -2.18. The maximum Gasteiger partial charge on any atom is 0.224 e. The van der Waals surface area contributed by atoms with Crippen molar-refractivity contribution < 1.29 is 9.53 Å². The molecule has 0 fully saturated rings. The van der Waals surface area contributed by atoms with E-state index < -0.39 is 0 Å². The molecule has 0 aliphatic heterocycles. The van der Waals surface area contributed by atoms with Crippen molar-refractivity contribution in [2.24, 2.45) is 5.92 Å². The zero-order chi connectivity index (χ0) is 11.7. The summed E-state index contributed by atoms with van der Waals surface area (Å²) in [6, 6.07) is 2.10. The third kappa shape index (κ3) is 6.92. The number of nitriles is 1. The van der Waals surface area contributed by atoms with Crippen LogP contribution in [-0.4, -0.2) is 37.6 Å². The number of amides is 1. The van der Waals surface area contributed by atoms with E-state index in [4.69, 9.17) is 10.00 Å². The molecule has 0 aromatic rings. The maximum atomic E-state index is 11.5. The molecular formula is C11H20N2O2. The van der Waals surface area contributed by atoms with Crippen LogP contribution in [0, 0.1) is 17.2 Å². The van der Waals surface area contributed by atoms with Crippen LogP contribution in [0.3, 0.4) is 0 Å². The first-order valence-electron chi connectivity index (χ1n) is 5.33. The predicted molar refractivity (Wildman–Crippen MR) is 58.1 cm³/mol. The van der Waals surface area contributed by atoms with Gasteiger partial charge in [-0.05, 0) is 13.3 Å². The van der Waals surface area contributed by atoms with Gasteiger partial charge in [-0.15, -0.1) is 0 Å². The van der Waals surface area contributed by atoms with Gasteiger partial charge < -0.3 is 9.64 Å². The molecule has 0 rings (SSSR count). The molecule has 1 atom stereocenters. The molecule has 0 aromatic heterocycles. The van der Waals surface area contributed by atoms with Gasteiger partial charge >= 0.3 is 0 Å². The Balaban J connectivity index is 3.66. The van der Waals surface area contributed by atoms with Gasteiger partial charge in [-0.2, -0.15) is 5.26 Å². The summed E-state index contributed by atoms with van der Waals surface area (Å²) in [5.41, 5.74) is 0. The summed E-state index contributed by atoms with van der Waals surface area (Å²) < 4.78 is 5.22. The number of hydrogen-bond donors (Lipinski definition) is 0. The molecule has 15 heavy (non-hydrogen) atoms. The first-order chi connectivity index (χ1) is 7.11. The van der Waals surface area contributed by atoms with Gasteiger partial charge in [-0.25, -0.2) is 0 Å². The molecule has 0 aromatic carbocycles. The van der Waals surface area contributed by atoms with Crippen molar-refractivity contribution in [3.05, 3.63) is 0 Å². The first-order valence-corrected chi connectivity index (χ1v) is 5.33. The van der Waals surface area contributed by atoms with E-state index in [2.05, 4.69) is 6.07 Å². The van der Waals surface area contributed by atoms with Crippen molar-refractivity contribution in [1.29, 1.82) is 5.26 Å². The van der Waals surface area contributed by atoms with E-state index in [0.29, 0.717) is 26.2 Å². The Bertz CT molecular complexity index is 223. The van der Waals surface area contributed by atoms with E-state index in [1.165, 1.54) is 0 Å². The van der Waals surface area contributed by atoms with Crippen LogP contribution in [0.4, 0.5) is 0 Å². The molecule has 0 radical (unpaired) electrons. The summed E-state index contributed by atoms with van der Waals surface area (Å²) in [5, 5.41) is 8.60. The molecule has 0 bridgehead atoms. The van der Waals surface area contributed by atoms with Gasteiger partial charge in [0.25, 0.3) is 0 Å². The third-order valence-electron chi connectivity index (χ3n) is 2.00. The largest absolute Gasteiger partial charge is 0.381 e. The molecule has 0 N–H and O–H groups in total. The second kappa shape index (κ2) is 8.25. The summed E-state index contributed by atoms with van der Waals surface area (Å²) in [6.45, 7) is 5.49. The Morgan fingerprint density at radius 3 is 2.73 bits per heavy atom. The zero-order valence-corrected chi connectivity index (χ0v) is 9.82. The number of nitrogens with zero attached hydrogens (tertiary/aromatic N) is 2. The Kier molecular flexibility index (Phi) is 7.65. The third-order valence-corrected chi connectivity index (χ3v) is 2.00. The summed E-state index contributed by atoms with van der Waals surface area (Å²) in [6.07, 6.45) is 1.37. The number of carbonyl (C=O) groups excluding carboxylic acids is 1. The highest BCUT2D eigenvalue weighted by molar-refractivity contribution is 5.75. The zero-order valence-electron chi connectivity index (χ0n) is 9.82. The van der Waals surface area contributed by atoms with Gasteiger partial charge in [-0.3, -0.25) is 4.79 Å².